The third kappa shape index (κ3) is 5.32. The Bertz CT molecular complexity index is 826. The fourth-order valence-corrected chi connectivity index (χ4v) is 2.91. The number of benzene rings is 1. The van der Waals surface area contributed by atoms with E-state index >= 15 is 0 Å². The number of ether oxygens (including phenoxy) is 1. The molecule has 0 fully saturated rings. The minimum atomic E-state index is -4.45. The molecule has 2 amide bonds. The standard InChI is InChI=1S/C18H17F4N3O2/c19-13-3-1-12-2-4-15(14(12)8-13)25-17(26)24-9-11-5-6-23-16(7-11)27-10-18(20,21)22/h1,3,5-8,15H,2,4,9-10H2,(H2,24,25,26)/t15-/m1/s1. The summed E-state index contributed by atoms with van der Waals surface area (Å²) in [6.45, 7) is -1.35. The number of hydrogen-bond donors (Lipinski definition) is 2. The number of amides is 2. The molecule has 3 rings (SSSR count). The first-order valence-corrected chi connectivity index (χ1v) is 8.27. The van der Waals surface area contributed by atoms with Gasteiger partial charge in [0.25, 0.3) is 0 Å². The van der Waals surface area contributed by atoms with Crippen molar-refractivity contribution in [3.8, 4) is 5.88 Å². The Morgan fingerprint density at radius 2 is 2.07 bits per heavy atom. The van der Waals surface area contributed by atoms with Gasteiger partial charge in [0.1, 0.15) is 5.82 Å². The first-order chi connectivity index (χ1) is 12.8. The molecular weight excluding hydrogens is 366 g/mol. The van der Waals surface area contributed by atoms with Gasteiger partial charge in [-0.1, -0.05) is 6.07 Å². The summed E-state index contributed by atoms with van der Waals surface area (Å²) in [5.41, 5.74) is 2.30. The lowest BCUT2D eigenvalue weighted by molar-refractivity contribution is -0.154. The van der Waals surface area contributed by atoms with Crippen LogP contribution >= 0.6 is 0 Å². The molecule has 1 aromatic carbocycles. The van der Waals surface area contributed by atoms with Crippen LogP contribution in [0, 0.1) is 5.82 Å². The van der Waals surface area contributed by atoms with Gasteiger partial charge in [0, 0.05) is 18.8 Å². The Morgan fingerprint density at radius 1 is 1.26 bits per heavy atom. The van der Waals surface area contributed by atoms with Crippen LogP contribution in [0.3, 0.4) is 0 Å². The first kappa shape index (κ1) is 18.9. The SMILES string of the molecule is O=C(NCc1ccnc(OCC(F)(F)F)c1)N[C@@H]1CCc2ccc(F)cc21. The second kappa shape index (κ2) is 7.81. The van der Waals surface area contributed by atoms with E-state index in [1.165, 1.54) is 24.4 Å². The molecule has 0 saturated carbocycles. The van der Waals surface area contributed by atoms with Crippen molar-refractivity contribution in [2.24, 2.45) is 0 Å². The Morgan fingerprint density at radius 3 is 2.85 bits per heavy atom. The van der Waals surface area contributed by atoms with Crippen LogP contribution in [-0.2, 0) is 13.0 Å². The average molecular weight is 383 g/mol. The fraction of sp³-hybridized carbons (Fsp3) is 0.333. The lowest BCUT2D eigenvalue weighted by atomic mass is 10.1. The summed E-state index contributed by atoms with van der Waals surface area (Å²) >= 11 is 0. The van der Waals surface area contributed by atoms with Gasteiger partial charge in [0.05, 0.1) is 6.04 Å². The monoisotopic (exact) mass is 383 g/mol. The highest BCUT2D eigenvalue weighted by atomic mass is 19.4. The van der Waals surface area contributed by atoms with Crippen molar-refractivity contribution < 1.29 is 27.1 Å². The van der Waals surface area contributed by atoms with Crippen molar-refractivity contribution in [1.82, 2.24) is 15.6 Å². The lowest BCUT2D eigenvalue weighted by Crippen LogP contribution is -2.37. The van der Waals surface area contributed by atoms with Crippen LogP contribution in [0.25, 0.3) is 0 Å². The summed E-state index contributed by atoms with van der Waals surface area (Å²) in [4.78, 5) is 15.8. The van der Waals surface area contributed by atoms with Crippen LogP contribution in [0.5, 0.6) is 5.88 Å². The Hall–Kier alpha value is -2.84. The zero-order valence-electron chi connectivity index (χ0n) is 14.1. The van der Waals surface area contributed by atoms with E-state index < -0.39 is 18.8 Å². The molecule has 0 unspecified atom stereocenters. The molecule has 0 aliphatic heterocycles. The molecular formula is C18H17F4N3O2. The molecule has 0 saturated heterocycles. The highest BCUT2D eigenvalue weighted by molar-refractivity contribution is 5.74. The summed E-state index contributed by atoms with van der Waals surface area (Å²) in [5, 5.41) is 5.40. The number of halogens is 4. The number of nitrogens with one attached hydrogen (secondary N) is 2. The molecule has 2 N–H and O–H groups in total. The smallest absolute Gasteiger partial charge is 0.422 e. The lowest BCUT2D eigenvalue weighted by Gasteiger charge is -2.15. The molecule has 144 valence electrons. The van der Waals surface area contributed by atoms with E-state index in [2.05, 4.69) is 20.4 Å². The predicted molar refractivity (Wildman–Crippen MR) is 88.6 cm³/mol. The topological polar surface area (TPSA) is 63.2 Å². The maximum absolute atomic E-state index is 13.4. The van der Waals surface area contributed by atoms with Crippen LogP contribution in [0.2, 0.25) is 0 Å². The van der Waals surface area contributed by atoms with Crippen molar-refractivity contribution in [3.05, 3.63) is 59.0 Å². The summed E-state index contributed by atoms with van der Waals surface area (Å²) in [7, 11) is 0. The number of aryl methyl sites for hydroxylation is 1. The number of pyridine rings is 1. The van der Waals surface area contributed by atoms with Gasteiger partial charge in [-0.3, -0.25) is 0 Å². The van der Waals surface area contributed by atoms with E-state index in [0.717, 1.165) is 17.5 Å². The van der Waals surface area contributed by atoms with Crippen LogP contribution in [0.15, 0.2) is 36.5 Å². The van der Waals surface area contributed by atoms with E-state index in [0.29, 0.717) is 12.0 Å². The Kier molecular flexibility index (Phi) is 5.48. The van der Waals surface area contributed by atoms with Crippen LogP contribution in [0.4, 0.5) is 22.4 Å². The van der Waals surface area contributed by atoms with Crippen molar-refractivity contribution >= 4 is 6.03 Å². The van der Waals surface area contributed by atoms with Gasteiger partial charge in [-0.25, -0.2) is 14.2 Å². The molecule has 5 nitrogen and oxygen atoms in total. The minimum absolute atomic E-state index is 0.0828. The van der Waals surface area contributed by atoms with Crippen molar-refractivity contribution in [2.45, 2.75) is 31.6 Å². The second-order valence-corrected chi connectivity index (χ2v) is 6.17. The van der Waals surface area contributed by atoms with Crippen molar-refractivity contribution in [3.63, 3.8) is 0 Å². The average Bonchev–Trinajstić information content (AvgIpc) is 3.00. The van der Waals surface area contributed by atoms with Gasteiger partial charge in [-0.2, -0.15) is 13.2 Å². The summed E-state index contributed by atoms with van der Waals surface area (Å²) in [6, 6.07) is 6.67. The van der Waals surface area contributed by atoms with Gasteiger partial charge in [-0.15, -0.1) is 0 Å². The van der Waals surface area contributed by atoms with E-state index in [9.17, 15) is 22.4 Å². The number of urea groups is 1. The summed E-state index contributed by atoms with van der Waals surface area (Å²) in [6.07, 6.45) is -1.72. The highest BCUT2D eigenvalue weighted by Crippen LogP contribution is 2.31. The van der Waals surface area contributed by atoms with Crippen LogP contribution in [-0.4, -0.2) is 23.8 Å². The van der Waals surface area contributed by atoms with Gasteiger partial charge < -0.3 is 15.4 Å². The summed E-state index contributed by atoms with van der Waals surface area (Å²) in [5.74, 6) is -0.529. The van der Waals surface area contributed by atoms with E-state index in [-0.39, 0.29) is 24.3 Å². The third-order valence-electron chi connectivity index (χ3n) is 4.13. The summed E-state index contributed by atoms with van der Waals surface area (Å²) < 4.78 is 54.5. The number of rotatable bonds is 5. The van der Waals surface area contributed by atoms with Crippen LogP contribution < -0.4 is 15.4 Å². The predicted octanol–water partition coefficient (Wildman–Crippen LogP) is 3.65. The number of fused-ring (bicyclic) bond motifs is 1. The zero-order chi connectivity index (χ0) is 19.4. The molecule has 1 heterocycles. The number of aromatic nitrogens is 1. The van der Waals surface area contributed by atoms with E-state index in [1.807, 2.05) is 0 Å². The molecule has 27 heavy (non-hydrogen) atoms. The van der Waals surface area contributed by atoms with E-state index in [4.69, 9.17) is 0 Å². The third-order valence-corrected chi connectivity index (χ3v) is 4.13. The van der Waals surface area contributed by atoms with Gasteiger partial charge in [0.2, 0.25) is 5.88 Å². The normalized spacial score (nSPS) is 15.9. The molecule has 9 heteroatoms. The fourth-order valence-electron chi connectivity index (χ4n) is 2.91. The first-order valence-electron chi connectivity index (χ1n) is 8.27. The molecule has 0 spiro atoms. The number of hydrogen-bond acceptors (Lipinski definition) is 3. The molecule has 1 aromatic heterocycles. The maximum atomic E-state index is 13.4. The number of nitrogens with zero attached hydrogens (tertiary/aromatic N) is 1. The molecule has 2 aromatic rings. The van der Waals surface area contributed by atoms with Gasteiger partial charge in [0.15, 0.2) is 6.61 Å². The molecule has 1 aliphatic rings. The maximum Gasteiger partial charge on any atom is 0.422 e. The van der Waals surface area contributed by atoms with E-state index in [1.54, 1.807) is 12.1 Å². The molecule has 1 aliphatic carbocycles. The molecule has 0 radical (unpaired) electrons. The molecule has 1 atom stereocenters. The number of carbonyl (C=O) groups excluding carboxylic acids is 1. The quantitative estimate of drug-likeness (QED) is 0.775. The van der Waals surface area contributed by atoms with Gasteiger partial charge in [-0.05, 0) is 47.7 Å². The minimum Gasteiger partial charge on any atom is -0.468 e. The number of carbonyl (C=O) groups is 1. The van der Waals surface area contributed by atoms with Crippen LogP contribution in [0.1, 0.15) is 29.2 Å². The highest BCUT2D eigenvalue weighted by Gasteiger charge is 2.28. The van der Waals surface area contributed by atoms with Crippen molar-refractivity contribution in [2.75, 3.05) is 6.61 Å². The Labute approximate surface area is 152 Å². The zero-order valence-corrected chi connectivity index (χ0v) is 14.1. The van der Waals surface area contributed by atoms with Gasteiger partial charge >= 0.3 is 12.2 Å². The Balaban J connectivity index is 1.52. The number of alkyl halides is 3. The second-order valence-electron chi connectivity index (χ2n) is 6.17. The largest absolute Gasteiger partial charge is 0.468 e. The molecule has 0 bridgehead atoms. The van der Waals surface area contributed by atoms with Crippen molar-refractivity contribution in [1.29, 1.82) is 0 Å².